The van der Waals surface area contributed by atoms with E-state index in [1.54, 1.807) is 0 Å². The number of hydrogen-bond acceptors (Lipinski definition) is 17. The number of carboxylic acids is 1. The smallest absolute Gasteiger partial charge is 0.479 e. The van der Waals surface area contributed by atoms with Gasteiger partial charge in [-0.2, -0.15) is 0 Å². The lowest BCUT2D eigenvalue weighted by atomic mass is 9.79. The molecule has 40 heavy (non-hydrogen) atoms. The molecule has 4 rings (SSSR count). The van der Waals surface area contributed by atoms with Crippen molar-refractivity contribution >= 4 is 17.9 Å². The van der Waals surface area contributed by atoms with E-state index in [9.17, 15) is 70.6 Å². The Labute approximate surface area is 224 Å². The molecule has 7 atom stereocenters. The molecule has 1 saturated heterocycles. The van der Waals surface area contributed by atoms with Crippen LogP contribution in [0.2, 0.25) is 0 Å². The van der Waals surface area contributed by atoms with Gasteiger partial charge in [-0.25, -0.2) is 14.4 Å². The van der Waals surface area contributed by atoms with Gasteiger partial charge in [-0.15, -0.1) is 0 Å². The van der Waals surface area contributed by atoms with Crippen molar-refractivity contribution in [1.29, 1.82) is 0 Å². The zero-order valence-electron chi connectivity index (χ0n) is 20.7. The summed E-state index contributed by atoms with van der Waals surface area (Å²) in [6, 6.07) is 0. The van der Waals surface area contributed by atoms with Gasteiger partial charge >= 0.3 is 24.1 Å². The maximum absolute atomic E-state index is 13.2. The van der Waals surface area contributed by atoms with E-state index in [0.29, 0.717) is 0 Å². The maximum atomic E-state index is 13.2. The van der Waals surface area contributed by atoms with Crippen molar-refractivity contribution in [2.24, 2.45) is 0 Å². The minimum Gasteiger partial charge on any atom is -0.479 e. The SMILES string of the molecule is O=C(OC1(O[C@]2(C(=O)O)C[C@@H](O)[C@H](O)[C@H](O)C2)OC(=O)[C@]2(C[C@@H](O)[C@H](O)[C@H](O)C2)O1)[C@]1(O)C[C@@H](O)[C@@H](O)[C@H](O)C1. The van der Waals surface area contributed by atoms with E-state index in [0.717, 1.165) is 0 Å². The number of aliphatic carboxylic acids is 1. The standard InChI is InChI=1S/C22H32O18/c23-7-1-19(36,2-8(24)13(7)29)17(34)37-22(39-20(16(32)33)3-9(25)14(30)10(26)4-20)38-18(35)21(40-22)5-11(27)15(31)12(28)6-21/h7-15,23-31,36H,1-6H2,(H,32,33)/t7-,8-,9-,10-,11-,12-,13-,14-,15-,19+,20+,21+,22?/m1/s1. The second-order valence-corrected chi connectivity index (χ2v) is 10.9. The third-order valence-electron chi connectivity index (χ3n) is 7.83. The Kier molecular flexibility index (Phi) is 7.98. The summed E-state index contributed by atoms with van der Waals surface area (Å²) in [5.41, 5.74) is -8.01. The van der Waals surface area contributed by atoms with Crippen LogP contribution in [-0.4, -0.2) is 152 Å². The lowest BCUT2D eigenvalue weighted by Gasteiger charge is -2.44. The second-order valence-electron chi connectivity index (χ2n) is 10.9. The van der Waals surface area contributed by atoms with Gasteiger partial charge in [0.2, 0.25) is 0 Å². The molecule has 0 aromatic heterocycles. The highest BCUT2D eigenvalue weighted by Crippen LogP contribution is 2.48. The van der Waals surface area contributed by atoms with Gasteiger partial charge in [-0.3, -0.25) is 9.47 Å². The molecule has 11 N–H and O–H groups in total. The quantitative estimate of drug-likeness (QED) is 0.106. The van der Waals surface area contributed by atoms with Crippen LogP contribution in [0.15, 0.2) is 0 Å². The number of ether oxygens (including phenoxy) is 4. The lowest BCUT2D eigenvalue weighted by Crippen LogP contribution is -2.63. The zero-order chi connectivity index (χ0) is 30.0. The number of hydrogen-bond donors (Lipinski definition) is 11. The second kappa shape index (κ2) is 10.3. The van der Waals surface area contributed by atoms with E-state index in [4.69, 9.17) is 18.9 Å². The highest BCUT2D eigenvalue weighted by atomic mass is 17.1. The van der Waals surface area contributed by atoms with Crippen molar-refractivity contribution in [1.82, 2.24) is 0 Å². The molecule has 4 aliphatic rings. The van der Waals surface area contributed by atoms with Gasteiger partial charge in [-0.05, 0) is 0 Å². The molecule has 1 aliphatic heterocycles. The van der Waals surface area contributed by atoms with Crippen LogP contribution in [0.25, 0.3) is 0 Å². The van der Waals surface area contributed by atoms with Gasteiger partial charge in [0.25, 0.3) is 0 Å². The number of aliphatic hydroxyl groups excluding tert-OH is 9. The van der Waals surface area contributed by atoms with Crippen molar-refractivity contribution in [3.8, 4) is 0 Å². The summed E-state index contributed by atoms with van der Waals surface area (Å²) in [6.07, 6.45) is -25.4. The molecule has 0 amide bonds. The molecule has 0 radical (unpaired) electrons. The van der Waals surface area contributed by atoms with Crippen LogP contribution in [0.1, 0.15) is 38.5 Å². The van der Waals surface area contributed by atoms with E-state index < -0.39 is 134 Å². The fourth-order valence-electron chi connectivity index (χ4n) is 5.57. The number of rotatable bonds is 5. The highest BCUT2D eigenvalue weighted by molar-refractivity contribution is 5.84. The average molecular weight is 584 g/mol. The minimum absolute atomic E-state index is 0.787. The van der Waals surface area contributed by atoms with E-state index in [1.165, 1.54) is 0 Å². The summed E-state index contributed by atoms with van der Waals surface area (Å²) in [4.78, 5) is 38.6. The van der Waals surface area contributed by atoms with Crippen molar-refractivity contribution < 1.29 is 89.5 Å². The molecule has 1 spiro atoms. The van der Waals surface area contributed by atoms with Crippen molar-refractivity contribution in [3.63, 3.8) is 0 Å². The predicted molar refractivity (Wildman–Crippen MR) is 117 cm³/mol. The fourth-order valence-corrected chi connectivity index (χ4v) is 5.57. The molecule has 4 fully saturated rings. The normalized spacial score (nSPS) is 51.4. The maximum Gasteiger partial charge on any atom is 0.516 e. The van der Waals surface area contributed by atoms with Gasteiger partial charge < -0.3 is 65.6 Å². The molecular formula is C22H32O18. The summed E-state index contributed by atoms with van der Waals surface area (Å²) in [5.74, 6) is -5.20. The Morgan fingerprint density at radius 2 is 1.10 bits per heavy atom. The Hall–Kier alpha value is -2.07. The summed E-state index contributed by atoms with van der Waals surface area (Å²) >= 11 is 0. The molecule has 3 saturated carbocycles. The number of cyclic esters (lactones) is 1. The first-order valence-corrected chi connectivity index (χ1v) is 12.3. The van der Waals surface area contributed by atoms with E-state index in [2.05, 4.69) is 0 Å². The zero-order valence-corrected chi connectivity index (χ0v) is 20.7. The van der Waals surface area contributed by atoms with Crippen molar-refractivity contribution in [3.05, 3.63) is 0 Å². The monoisotopic (exact) mass is 584 g/mol. The Balaban J connectivity index is 1.73. The number of carbonyl (C=O) groups excluding carboxylic acids is 2. The van der Waals surface area contributed by atoms with Gasteiger partial charge in [0.05, 0.1) is 36.6 Å². The van der Waals surface area contributed by atoms with Crippen molar-refractivity contribution in [2.45, 2.75) is 116 Å². The molecule has 1 unspecified atom stereocenters. The summed E-state index contributed by atoms with van der Waals surface area (Å²) in [7, 11) is 0. The van der Waals surface area contributed by atoms with E-state index in [-0.39, 0.29) is 0 Å². The lowest BCUT2D eigenvalue weighted by molar-refractivity contribution is -0.481. The van der Waals surface area contributed by atoms with Crippen LogP contribution < -0.4 is 0 Å². The van der Waals surface area contributed by atoms with Crippen molar-refractivity contribution in [2.75, 3.05) is 0 Å². The van der Waals surface area contributed by atoms with Crippen LogP contribution in [0.4, 0.5) is 0 Å². The van der Waals surface area contributed by atoms with Crippen LogP contribution in [0.3, 0.4) is 0 Å². The first-order valence-electron chi connectivity index (χ1n) is 12.3. The summed E-state index contributed by atoms with van der Waals surface area (Å²) in [6.45, 7) is 0. The molecule has 0 aromatic carbocycles. The van der Waals surface area contributed by atoms with Gasteiger partial charge in [0.1, 0.15) is 18.3 Å². The first kappa shape index (κ1) is 30.9. The average Bonchev–Trinajstić information content (AvgIpc) is 3.08. The number of esters is 2. The first-order chi connectivity index (χ1) is 18.4. The molecule has 18 heteroatoms. The van der Waals surface area contributed by atoms with Crippen LogP contribution in [0.5, 0.6) is 0 Å². The fraction of sp³-hybridized carbons (Fsp3) is 0.864. The number of aliphatic hydroxyl groups is 10. The van der Waals surface area contributed by atoms with Gasteiger partial charge in [0.15, 0.2) is 16.8 Å². The summed E-state index contributed by atoms with van der Waals surface area (Å²) < 4.78 is 21.0. The molecule has 228 valence electrons. The Bertz CT molecular complexity index is 982. The van der Waals surface area contributed by atoms with Gasteiger partial charge in [-0.1, -0.05) is 0 Å². The molecule has 0 bridgehead atoms. The predicted octanol–water partition coefficient (Wildman–Crippen LogP) is -6.35. The molecular weight excluding hydrogens is 552 g/mol. The van der Waals surface area contributed by atoms with Crippen LogP contribution >= 0.6 is 0 Å². The third-order valence-corrected chi connectivity index (χ3v) is 7.83. The topological polar surface area (TPSA) is 311 Å². The highest BCUT2D eigenvalue weighted by Gasteiger charge is 2.70. The molecule has 18 nitrogen and oxygen atoms in total. The summed E-state index contributed by atoms with van der Waals surface area (Å²) in [5, 5.41) is 111. The van der Waals surface area contributed by atoms with Crippen LogP contribution in [-0.2, 0) is 33.3 Å². The Morgan fingerprint density at radius 1 is 0.700 bits per heavy atom. The molecule has 3 aliphatic carbocycles. The number of carboxylic acid groups (broad SMARTS) is 1. The van der Waals surface area contributed by atoms with E-state index >= 15 is 0 Å². The van der Waals surface area contributed by atoms with Crippen LogP contribution in [0, 0.1) is 0 Å². The third kappa shape index (κ3) is 5.19. The largest absolute Gasteiger partial charge is 0.516 e. The molecule has 0 aromatic rings. The minimum atomic E-state index is -3.54. The Morgan fingerprint density at radius 3 is 1.52 bits per heavy atom. The van der Waals surface area contributed by atoms with E-state index in [1.807, 2.05) is 0 Å². The van der Waals surface area contributed by atoms with Gasteiger partial charge in [0, 0.05) is 38.5 Å². The number of carbonyl (C=O) groups is 3. The molecule has 1 heterocycles.